The van der Waals surface area contributed by atoms with Gasteiger partial charge in [0.1, 0.15) is 0 Å². The Labute approximate surface area is 214 Å². The Hall–Kier alpha value is -4.20. The van der Waals surface area contributed by atoms with Gasteiger partial charge in [0, 0.05) is 42.8 Å². The van der Waals surface area contributed by atoms with Gasteiger partial charge in [0.2, 0.25) is 0 Å². The molecule has 0 bridgehead atoms. The molecule has 186 valence electrons. The summed E-state index contributed by atoms with van der Waals surface area (Å²) in [6.07, 6.45) is 7.45. The zero-order valence-corrected chi connectivity index (χ0v) is 20.9. The molecule has 0 N–H and O–H groups in total. The van der Waals surface area contributed by atoms with Gasteiger partial charge < -0.3 is 9.47 Å². The molecule has 37 heavy (non-hydrogen) atoms. The molecule has 6 rings (SSSR count). The van der Waals surface area contributed by atoms with E-state index in [9.17, 15) is 13.2 Å². The summed E-state index contributed by atoms with van der Waals surface area (Å²) in [5.41, 5.74) is 6.05. The number of rotatable bonds is 5. The summed E-state index contributed by atoms with van der Waals surface area (Å²) in [7, 11) is -3.56. The zero-order chi connectivity index (χ0) is 25.7. The van der Waals surface area contributed by atoms with Crippen molar-refractivity contribution in [2.24, 2.45) is 0 Å². The first-order valence-electron chi connectivity index (χ1n) is 11.8. The van der Waals surface area contributed by atoms with Crippen LogP contribution in [0.3, 0.4) is 0 Å². The van der Waals surface area contributed by atoms with Gasteiger partial charge in [0.25, 0.3) is 16.0 Å². The molecule has 0 spiro atoms. The van der Waals surface area contributed by atoms with Crippen LogP contribution in [-0.4, -0.2) is 58.8 Å². The first-order chi connectivity index (χ1) is 17.8. The largest absolute Gasteiger partial charge is 0.340 e. The van der Waals surface area contributed by atoms with E-state index in [-0.39, 0.29) is 18.6 Å². The van der Waals surface area contributed by atoms with Gasteiger partial charge in [-0.25, -0.2) is 4.98 Å². The molecule has 10 heteroatoms. The van der Waals surface area contributed by atoms with E-state index in [0.29, 0.717) is 30.6 Å². The highest BCUT2D eigenvalue weighted by Crippen LogP contribution is 2.34. The number of benzene rings is 2. The molecule has 4 heterocycles. The van der Waals surface area contributed by atoms with Crippen LogP contribution in [0.2, 0.25) is 0 Å². The van der Waals surface area contributed by atoms with Crippen LogP contribution in [-0.2, 0) is 20.8 Å². The number of nitriles is 1. The van der Waals surface area contributed by atoms with Crippen LogP contribution in [0.15, 0.2) is 67.1 Å². The molecule has 1 atom stereocenters. The third-order valence-corrected chi connectivity index (χ3v) is 7.48. The molecule has 2 aliphatic heterocycles. The molecule has 2 aromatic carbocycles. The van der Waals surface area contributed by atoms with Crippen molar-refractivity contribution >= 4 is 16.0 Å². The Bertz CT molecular complexity index is 1680. The number of carbonyl (C=O) groups is 1. The number of hydrogen-bond acceptors (Lipinski definition) is 6. The maximum Gasteiger partial charge on any atom is 0.264 e. The van der Waals surface area contributed by atoms with Gasteiger partial charge >= 0.3 is 0 Å². The van der Waals surface area contributed by atoms with Gasteiger partial charge in [0.05, 0.1) is 41.9 Å². The molecule has 4 aromatic rings. The third-order valence-electron chi connectivity index (χ3n) is 6.92. The molecular formula is C27H23N5O4S. The van der Waals surface area contributed by atoms with E-state index in [1.54, 1.807) is 29.3 Å². The number of aromatic nitrogens is 3. The van der Waals surface area contributed by atoms with Crippen molar-refractivity contribution in [1.29, 1.82) is 5.26 Å². The average Bonchev–Trinajstić information content (AvgIpc) is 3.48. The van der Waals surface area contributed by atoms with Gasteiger partial charge in [-0.15, -0.1) is 0 Å². The van der Waals surface area contributed by atoms with Crippen molar-refractivity contribution in [3.63, 3.8) is 0 Å². The Morgan fingerprint density at radius 3 is 2.68 bits per heavy atom. The molecule has 0 aliphatic carbocycles. The Balaban J connectivity index is 1.33. The first-order valence-corrected chi connectivity index (χ1v) is 13.7. The smallest absolute Gasteiger partial charge is 0.264 e. The van der Waals surface area contributed by atoms with Crippen LogP contribution in [0.4, 0.5) is 0 Å². The number of imidazole rings is 1. The van der Waals surface area contributed by atoms with Crippen LogP contribution in [0.1, 0.15) is 27.9 Å². The number of likely N-dealkylation sites (tertiary alicyclic amines) is 1. The Morgan fingerprint density at radius 1 is 1.16 bits per heavy atom. The maximum absolute atomic E-state index is 13.3. The fourth-order valence-corrected chi connectivity index (χ4v) is 5.33. The fraction of sp³-hybridized carbons (Fsp3) is 0.222. The van der Waals surface area contributed by atoms with Gasteiger partial charge in [-0.05, 0) is 53.9 Å². The van der Waals surface area contributed by atoms with Crippen LogP contribution >= 0.6 is 0 Å². The van der Waals surface area contributed by atoms with Crippen molar-refractivity contribution < 1.29 is 17.4 Å². The van der Waals surface area contributed by atoms with Crippen LogP contribution in [0, 0.1) is 11.3 Å². The first kappa shape index (κ1) is 23.2. The molecule has 2 aromatic heterocycles. The lowest BCUT2D eigenvalue weighted by Gasteiger charge is -2.40. The minimum atomic E-state index is -3.56. The summed E-state index contributed by atoms with van der Waals surface area (Å²) in [4.78, 5) is 19.6. The standard InChI is InChI=1S/C27H23N5O4S/c1-37(34,35)36-17-23-8-10-31(23)27(33)20-6-7-24-22(12-20)16-30-15-21(19-4-2-18(14-28)3-5-19)13-25(30)26-29-9-11-32(24)26/h2-7,9,11-13,15,23H,8,10,16-17H2,1H3/t23-/m0/s1. The summed E-state index contributed by atoms with van der Waals surface area (Å²) >= 11 is 0. The van der Waals surface area contributed by atoms with E-state index in [4.69, 9.17) is 9.44 Å². The molecule has 0 saturated carbocycles. The average molecular weight is 514 g/mol. The maximum atomic E-state index is 13.3. The number of carbonyl (C=O) groups excluding carboxylic acids is 1. The highest BCUT2D eigenvalue weighted by Gasteiger charge is 2.34. The minimum Gasteiger partial charge on any atom is -0.340 e. The molecule has 2 aliphatic rings. The highest BCUT2D eigenvalue weighted by molar-refractivity contribution is 7.85. The molecular weight excluding hydrogens is 490 g/mol. The monoisotopic (exact) mass is 513 g/mol. The Kier molecular flexibility index (Phi) is 5.47. The third kappa shape index (κ3) is 4.22. The Morgan fingerprint density at radius 2 is 1.97 bits per heavy atom. The molecule has 1 amide bonds. The van der Waals surface area contributed by atoms with Crippen LogP contribution in [0.25, 0.3) is 28.3 Å². The SMILES string of the molecule is CS(=O)(=O)OC[C@@H]1CCN1C(=O)c1ccc2c(c1)Cn1cc(-c3ccc(C#N)cc3)cc1-c1nccn1-2. The van der Waals surface area contributed by atoms with E-state index < -0.39 is 10.1 Å². The van der Waals surface area contributed by atoms with Gasteiger partial charge in [-0.1, -0.05) is 12.1 Å². The normalized spacial score (nSPS) is 16.1. The molecule has 0 unspecified atom stereocenters. The summed E-state index contributed by atoms with van der Waals surface area (Å²) in [6.45, 7) is 1.08. The highest BCUT2D eigenvalue weighted by atomic mass is 32.2. The number of fused-ring (bicyclic) bond motifs is 5. The van der Waals surface area contributed by atoms with Crippen molar-refractivity contribution in [1.82, 2.24) is 19.0 Å². The number of nitrogens with zero attached hydrogens (tertiary/aromatic N) is 5. The fourth-order valence-electron chi connectivity index (χ4n) is 4.92. The van der Waals surface area contributed by atoms with Crippen molar-refractivity contribution in [2.45, 2.75) is 19.0 Å². The predicted molar refractivity (Wildman–Crippen MR) is 136 cm³/mol. The van der Waals surface area contributed by atoms with E-state index >= 15 is 0 Å². The second-order valence-electron chi connectivity index (χ2n) is 9.33. The van der Waals surface area contributed by atoms with Crippen LogP contribution < -0.4 is 0 Å². The molecule has 1 saturated heterocycles. The van der Waals surface area contributed by atoms with E-state index in [0.717, 1.165) is 40.2 Å². The van der Waals surface area contributed by atoms with Crippen molar-refractivity contribution in [3.05, 3.63) is 83.8 Å². The van der Waals surface area contributed by atoms with E-state index in [2.05, 4.69) is 27.9 Å². The predicted octanol–water partition coefficient (Wildman–Crippen LogP) is 3.43. The van der Waals surface area contributed by atoms with Gasteiger partial charge in [-0.2, -0.15) is 13.7 Å². The molecule has 9 nitrogen and oxygen atoms in total. The quantitative estimate of drug-likeness (QED) is 0.333. The summed E-state index contributed by atoms with van der Waals surface area (Å²) in [6, 6.07) is 17.1. The molecule has 1 fully saturated rings. The lowest BCUT2D eigenvalue weighted by molar-refractivity contribution is 0.0341. The topological polar surface area (TPSA) is 110 Å². The lowest BCUT2D eigenvalue weighted by Crippen LogP contribution is -2.53. The summed E-state index contributed by atoms with van der Waals surface area (Å²) < 4.78 is 31.8. The minimum absolute atomic E-state index is 0.0290. The summed E-state index contributed by atoms with van der Waals surface area (Å²) in [5, 5.41) is 9.11. The number of hydrogen-bond donors (Lipinski definition) is 0. The van der Waals surface area contributed by atoms with Crippen LogP contribution in [0.5, 0.6) is 0 Å². The lowest BCUT2D eigenvalue weighted by atomic mass is 10.0. The molecule has 0 radical (unpaired) electrons. The van der Waals surface area contributed by atoms with Crippen molar-refractivity contribution in [2.75, 3.05) is 19.4 Å². The van der Waals surface area contributed by atoms with Gasteiger partial charge in [-0.3, -0.25) is 13.5 Å². The van der Waals surface area contributed by atoms with Gasteiger partial charge in [0.15, 0.2) is 5.82 Å². The second-order valence-corrected chi connectivity index (χ2v) is 11.0. The number of amides is 1. The van der Waals surface area contributed by atoms with E-state index in [1.165, 1.54) is 0 Å². The van der Waals surface area contributed by atoms with Crippen molar-refractivity contribution in [3.8, 4) is 34.4 Å². The second kappa shape index (κ2) is 8.73. The summed E-state index contributed by atoms with van der Waals surface area (Å²) in [5.74, 6) is 0.663. The zero-order valence-electron chi connectivity index (χ0n) is 20.0. The van der Waals surface area contributed by atoms with E-state index in [1.807, 2.05) is 35.0 Å².